The molecule has 0 aliphatic carbocycles. The van der Waals surface area contributed by atoms with E-state index in [0.717, 1.165) is 28.9 Å². The zero-order chi connectivity index (χ0) is 25.6. The van der Waals surface area contributed by atoms with Crippen molar-refractivity contribution in [1.29, 1.82) is 0 Å². The summed E-state index contributed by atoms with van der Waals surface area (Å²) in [6.45, 7) is 1.37. The monoisotopic (exact) mass is 505 g/mol. The van der Waals surface area contributed by atoms with Crippen LogP contribution in [0, 0.1) is 0 Å². The number of amides is 1. The molecule has 0 fully saturated rings. The number of halogens is 3. The summed E-state index contributed by atoms with van der Waals surface area (Å²) in [5.74, 6) is 0.297. The number of alkyl halides is 3. The zero-order valence-corrected chi connectivity index (χ0v) is 19.5. The molecule has 35 heavy (non-hydrogen) atoms. The number of hydrogen-bond acceptors (Lipinski definition) is 5. The van der Waals surface area contributed by atoms with Gasteiger partial charge in [-0.25, -0.2) is 13.8 Å². The highest BCUT2D eigenvalue weighted by Crippen LogP contribution is 2.29. The van der Waals surface area contributed by atoms with Crippen molar-refractivity contribution in [3.63, 3.8) is 0 Å². The number of nitrogens with zero attached hydrogens (tertiary/aromatic N) is 2. The average Bonchev–Trinajstić information content (AvgIpc) is 2.80. The van der Waals surface area contributed by atoms with Gasteiger partial charge in [0.1, 0.15) is 17.5 Å². The highest BCUT2D eigenvalue weighted by molar-refractivity contribution is 7.92. The van der Waals surface area contributed by atoms with Gasteiger partial charge in [0.2, 0.25) is 10.0 Å². The van der Waals surface area contributed by atoms with Gasteiger partial charge >= 0.3 is 6.18 Å². The van der Waals surface area contributed by atoms with E-state index < -0.39 is 33.7 Å². The quantitative estimate of drug-likeness (QED) is 0.352. The minimum atomic E-state index is -4.51. The molecule has 0 saturated heterocycles. The van der Waals surface area contributed by atoms with Crippen LogP contribution in [0.15, 0.2) is 84.0 Å². The van der Waals surface area contributed by atoms with Gasteiger partial charge in [-0.2, -0.15) is 18.3 Å². The summed E-state index contributed by atoms with van der Waals surface area (Å²) < 4.78 is 70.0. The maximum absolute atomic E-state index is 12.8. The van der Waals surface area contributed by atoms with Crippen molar-refractivity contribution in [3.05, 3.63) is 90.0 Å². The summed E-state index contributed by atoms with van der Waals surface area (Å²) >= 11 is 0. The van der Waals surface area contributed by atoms with Crippen molar-refractivity contribution in [3.8, 4) is 11.5 Å². The number of sulfonamides is 1. The van der Waals surface area contributed by atoms with Crippen molar-refractivity contribution >= 4 is 27.8 Å². The molecule has 3 aromatic rings. The van der Waals surface area contributed by atoms with Crippen LogP contribution in [-0.4, -0.2) is 32.8 Å². The predicted molar refractivity (Wildman–Crippen MR) is 127 cm³/mol. The topological polar surface area (TPSA) is 88.1 Å². The number of hydrazone groups is 1. The molecule has 0 unspecified atom stereocenters. The van der Waals surface area contributed by atoms with Gasteiger partial charge in [-0.3, -0.25) is 9.10 Å². The highest BCUT2D eigenvalue weighted by atomic mass is 32.2. The lowest BCUT2D eigenvalue weighted by Crippen LogP contribution is -2.46. The fourth-order valence-corrected chi connectivity index (χ4v) is 4.33. The van der Waals surface area contributed by atoms with Gasteiger partial charge in [-0.15, -0.1) is 0 Å². The molecule has 7 nitrogen and oxygen atoms in total. The number of ether oxygens (including phenoxy) is 1. The average molecular weight is 506 g/mol. The summed E-state index contributed by atoms with van der Waals surface area (Å²) in [7, 11) is -3.88. The van der Waals surface area contributed by atoms with E-state index in [1.54, 1.807) is 24.3 Å². The third-order valence-electron chi connectivity index (χ3n) is 4.76. The molecule has 0 spiro atoms. The number of carbonyl (C=O) groups excluding carboxylic acids is 1. The molecule has 184 valence electrons. The molecular weight excluding hydrogens is 483 g/mol. The summed E-state index contributed by atoms with van der Waals surface area (Å²) in [4.78, 5) is 12.6. The molecule has 1 N–H and O–H groups in total. The molecule has 0 heterocycles. The van der Waals surface area contributed by atoms with Gasteiger partial charge in [0.25, 0.3) is 5.91 Å². The number of anilines is 1. The third-order valence-corrected chi connectivity index (χ3v) is 6.00. The van der Waals surface area contributed by atoms with Crippen LogP contribution in [0.3, 0.4) is 0 Å². The maximum atomic E-state index is 12.8. The number of nitrogens with one attached hydrogen (secondary N) is 1. The Morgan fingerprint density at radius 3 is 2.23 bits per heavy atom. The molecule has 11 heteroatoms. The Kier molecular flexibility index (Phi) is 7.80. The minimum Gasteiger partial charge on any atom is -0.457 e. The van der Waals surface area contributed by atoms with Crippen LogP contribution in [0.25, 0.3) is 0 Å². The fraction of sp³-hybridized carbons (Fsp3) is 0.167. The van der Waals surface area contributed by atoms with Crippen molar-refractivity contribution in [2.75, 3.05) is 10.6 Å². The van der Waals surface area contributed by atoms with E-state index in [2.05, 4.69) is 10.5 Å². The lowest BCUT2D eigenvalue weighted by atomic mass is 10.1. The van der Waals surface area contributed by atoms with Crippen molar-refractivity contribution < 1.29 is 31.1 Å². The third kappa shape index (κ3) is 7.06. The highest BCUT2D eigenvalue weighted by Gasteiger charge is 2.30. The normalized spacial score (nSPS) is 12.8. The zero-order valence-electron chi connectivity index (χ0n) is 18.7. The van der Waals surface area contributed by atoms with Gasteiger partial charge in [-0.05, 0) is 61.0 Å². The van der Waals surface area contributed by atoms with E-state index in [4.69, 9.17) is 4.74 Å². The van der Waals surface area contributed by atoms with E-state index in [0.29, 0.717) is 11.5 Å². The van der Waals surface area contributed by atoms with E-state index in [9.17, 15) is 26.4 Å². The Hall–Kier alpha value is -3.86. The number of benzene rings is 3. The Balaban J connectivity index is 1.72. The van der Waals surface area contributed by atoms with Crippen molar-refractivity contribution in [2.45, 2.75) is 19.1 Å². The molecule has 0 aliphatic rings. The van der Waals surface area contributed by atoms with Crippen LogP contribution in [0.5, 0.6) is 11.5 Å². The fourth-order valence-electron chi connectivity index (χ4n) is 3.15. The van der Waals surface area contributed by atoms with E-state index >= 15 is 0 Å². The predicted octanol–water partition coefficient (Wildman–Crippen LogP) is 4.80. The Labute approximate surface area is 200 Å². The summed E-state index contributed by atoms with van der Waals surface area (Å²) in [5, 5.41) is 3.67. The first-order valence-electron chi connectivity index (χ1n) is 10.3. The van der Waals surface area contributed by atoms with Gasteiger partial charge in [0.05, 0.1) is 23.7 Å². The second-order valence-electron chi connectivity index (χ2n) is 7.50. The lowest BCUT2D eigenvalue weighted by molar-refractivity contribution is -0.137. The molecule has 0 bridgehead atoms. The van der Waals surface area contributed by atoms with E-state index in [1.807, 2.05) is 18.2 Å². The smallest absolute Gasteiger partial charge is 0.416 e. The van der Waals surface area contributed by atoms with E-state index in [1.165, 1.54) is 31.2 Å². The molecule has 0 aliphatic heterocycles. The summed E-state index contributed by atoms with van der Waals surface area (Å²) in [6.07, 6.45) is -2.52. The largest absolute Gasteiger partial charge is 0.457 e. The molecule has 0 radical (unpaired) electrons. The van der Waals surface area contributed by atoms with Crippen molar-refractivity contribution in [1.82, 2.24) is 5.43 Å². The first-order chi connectivity index (χ1) is 16.4. The van der Waals surface area contributed by atoms with Gasteiger partial charge in [0.15, 0.2) is 0 Å². The Bertz CT molecular complexity index is 1300. The standard InChI is InChI=1S/C24H22F3N3O4S/c1-17(23(31)29-28-16-18-7-6-8-19(15-18)24(25,26)27)30(35(2,32)33)20-11-13-22(14-12-20)34-21-9-4-3-5-10-21/h3-17H,1-2H3,(H,29,31)/b28-16-/t17-/m0/s1. The van der Waals surface area contributed by atoms with Crippen LogP contribution >= 0.6 is 0 Å². The SMILES string of the molecule is C[C@@H](C(=O)N/N=C\c1cccc(C(F)(F)F)c1)N(c1ccc(Oc2ccccc2)cc1)S(C)(=O)=O. The molecule has 3 rings (SSSR count). The number of hydrogen-bond donors (Lipinski definition) is 1. The van der Waals surface area contributed by atoms with Crippen LogP contribution in [0.2, 0.25) is 0 Å². The molecule has 0 aromatic heterocycles. The van der Waals surface area contributed by atoms with E-state index in [-0.39, 0.29) is 11.3 Å². The van der Waals surface area contributed by atoms with Gasteiger partial charge in [-0.1, -0.05) is 30.3 Å². The molecule has 3 aromatic carbocycles. The first-order valence-corrected chi connectivity index (χ1v) is 12.1. The second kappa shape index (κ2) is 10.6. The Morgan fingerprint density at radius 1 is 1.00 bits per heavy atom. The number of carbonyl (C=O) groups is 1. The van der Waals surface area contributed by atoms with Crippen LogP contribution in [0.4, 0.5) is 18.9 Å². The molecular formula is C24H22F3N3O4S. The molecule has 1 amide bonds. The van der Waals surface area contributed by atoms with Crippen LogP contribution < -0.4 is 14.5 Å². The second-order valence-corrected chi connectivity index (χ2v) is 9.36. The minimum absolute atomic E-state index is 0.113. The maximum Gasteiger partial charge on any atom is 0.416 e. The van der Waals surface area contributed by atoms with Gasteiger partial charge < -0.3 is 4.74 Å². The number of para-hydroxylation sites is 1. The Morgan fingerprint density at radius 2 is 1.63 bits per heavy atom. The first kappa shape index (κ1) is 25.8. The summed E-state index contributed by atoms with van der Waals surface area (Å²) in [6, 6.07) is 18.3. The summed E-state index contributed by atoms with van der Waals surface area (Å²) in [5.41, 5.74) is 1.65. The molecule has 1 atom stereocenters. The van der Waals surface area contributed by atoms with Crippen molar-refractivity contribution in [2.24, 2.45) is 5.10 Å². The lowest BCUT2D eigenvalue weighted by Gasteiger charge is -2.27. The molecule has 0 saturated carbocycles. The number of rotatable bonds is 8. The van der Waals surface area contributed by atoms with Gasteiger partial charge in [0, 0.05) is 0 Å². The van der Waals surface area contributed by atoms with Crippen LogP contribution in [-0.2, 0) is 21.0 Å². The van der Waals surface area contributed by atoms with Crippen LogP contribution in [0.1, 0.15) is 18.1 Å².